The molecule has 2 fully saturated rings. The number of nitrogen functional groups attached to an aromatic ring is 1. The van der Waals surface area contributed by atoms with Gasteiger partial charge in [-0.1, -0.05) is 0 Å². The Balaban J connectivity index is 1.57. The predicted molar refractivity (Wildman–Crippen MR) is 103 cm³/mol. The number of anilines is 1. The summed E-state index contributed by atoms with van der Waals surface area (Å²) < 4.78 is 7.55. The summed E-state index contributed by atoms with van der Waals surface area (Å²) in [5.74, 6) is 1.16. The molecular weight excluding hydrogens is 326 g/mol. The number of aryl methyl sites for hydroxylation is 1. The molecule has 2 aromatic rings. The molecule has 0 radical (unpaired) electrons. The molecule has 0 spiro atoms. The van der Waals surface area contributed by atoms with Crippen molar-refractivity contribution >= 4 is 5.82 Å². The van der Waals surface area contributed by atoms with Crippen LogP contribution in [-0.2, 0) is 4.74 Å². The number of nitrogens with zero attached hydrogens (tertiary/aromatic N) is 4. The highest BCUT2D eigenvalue weighted by Gasteiger charge is 2.31. The molecule has 0 atom stereocenters. The number of piperidine rings is 1. The average Bonchev–Trinajstić information content (AvgIpc) is 3.02. The zero-order valence-corrected chi connectivity index (χ0v) is 16.0. The lowest BCUT2D eigenvalue weighted by Crippen LogP contribution is -2.51. The molecule has 2 saturated heterocycles. The highest BCUT2D eigenvalue weighted by Crippen LogP contribution is 2.34. The van der Waals surface area contributed by atoms with Crippen LogP contribution < -0.4 is 5.73 Å². The average molecular weight is 355 g/mol. The molecule has 2 aliphatic heterocycles. The van der Waals surface area contributed by atoms with Gasteiger partial charge < -0.3 is 10.5 Å². The first kappa shape index (κ1) is 17.5. The zero-order chi connectivity index (χ0) is 18.3. The Morgan fingerprint density at radius 2 is 1.92 bits per heavy atom. The molecule has 0 saturated carbocycles. The molecule has 4 rings (SSSR count). The summed E-state index contributed by atoms with van der Waals surface area (Å²) in [4.78, 5) is 6.89. The molecule has 0 unspecified atom stereocenters. The van der Waals surface area contributed by atoms with Crippen molar-refractivity contribution in [2.24, 2.45) is 0 Å². The van der Waals surface area contributed by atoms with Crippen LogP contribution in [0.3, 0.4) is 0 Å². The van der Waals surface area contributed by atoms with Crippen LogP contribution in [0, 0.1) is 6.92 Å². The van der Waals surface area contributed by atoms with Crippen molar-refractivity contribution in [2.75, 3.05) is 32.0 Å². The van der Waals surface area contributed by atoms with Crippen LogP contribution >= 0.6 is 0 Å². The van der Waals surface area contributed by atoms with Crippen molar-refractivity contribution in [3.8, 4) is 11.3 Å². The van der Waals surface area contributed by atoms with Gasteiger partial charge in [-0.05, 0) is 64.4 Å². The third-order valence-corrected chi connectivity index (χ3v) is 5.75. The van der Waals surface area contributed by atoms with Crippen LogP contribution in [0.1, 0.15) is 49.9 Å². The van der Waals surface area contributed by atoms with Gasteiger partial charge in [0, 0.05) is 29.4 Å². The van der Waals surface area contributed by atoms with Crippen molar-refractivity contribution < 1.29 is 4.74 Å². The maximum atomic E-state index is 5.87. The Hall–Kier alpha value is -1.92. The number of hydrogen-bond acceptors (Lipinski definition) is 5. The fourth-order valence-corrected chi connectivity index (χ4v) is 3.99. The van der Waals surface area contributed by atoms with Gasteiger partial charge in [-0.15, -0.1) is 0 Å². The fourth-order valence-electron chi connectivity index (χ4n) is 3.99. The van der Waals surface area contributed by atoms with Crippen molar-refractivity contribution in [3.63, 3.8) is 0 Å². The molecular formula is C20H29N5O. The Morgan fingerprint density at radius 1 is 1.19 bits per heavy atom. The number of ether oxygens (including phenoxy) is 1. The molecule has 2 N–H and O–H groups in total. The second kappa shape index (κ2) is 7.00. The summed E-state index contributed by atoms with van der Waals surface area (Å²) in [5, 5.41) is 4.91. The molecule has 6 nitrogen and oxygen atoms in total. The van der Waals surface area contributed by atoms with E-state index in [1.807, 2.05) is 13.1 Å². The van der Waals surface area contributed by atoms with Gasteiger partial charge in [-0.25, -0.2) is 4.98 Å². The lowest BCUT2D eigenvalue weighted by Gasteiger charge is -2.41. The van der Waals surface area contributed by atoms with Crippen LogP contribution in [0.2, 0.25) is 0 Å². The highest BCUT2D eigenvalue weighted by molar-refractivity contribution is 5.62. The molecule has 2 aromatic heterocycles. The summed E-state index contributed by atoms with van der Waals surface area (Å²) in [6.07, 6.45) is 4.21. The molecule has 26 heavy (non-hydrogen) atoms. The Morgan fingerprint density at radius 3 is 2.50 bits per heavy atom. The molecule has 4 heterocycles. The van der Waals surface area contributed by atoms with Crippen molar-refractivity contribution in [3.05, 3.63) is 29.6 Å². The summed E-state index contributed by atoms with van der Waals surface area (Å²) in [6, 6.07) is 5.34. The van der Waals surface area contributed by atoms with Crippen LogP contribution in [0.4, 0.5) is 5.82 Å². The first-order valence-corrected chi connectivity index (χ1v) is 9.66. The second-order valence-corrected chi connectivity index (χ2v) is 7.92. The molecule has 2 aliphatic rings. The minimum absolute atomic E-state index is 0.347. The normalized spacial score (nSPS) is 19.8. The first-order valence-electron chi connectivity index (χ1n) is 9.66. The molecule has 140 valence electrons. The van der Waals surface area contributed by atoms with E-state index in [9.17, 15) is 0 Å². The number of hydrogen-bond donors (Lipinski definition) is 1. The first-order chi connectivity index (χ1) is 12.5. The van der Waals surface area contributed by atoms with Gasteiger partial charge in [-0.2, -0.15) is 5.10 Å². The van der Waals surface area contributed by atoms with E-state index in [4.69, 9.17) is 15.6 Å². The van der Waals surface area contributed by atoms with Gasteiger partial charge in [0.15, 0.2) is 0 Å². The SMILES string of the molecule is Cc1cc(-c2cc(C3CCN(C4COC4)CC3)n(C(C)C)n2)cnc1N. The van der Waals surface area contributed by atoms with Gasteiger partial charge in [-0.3, -0.25) is 9.58 Å². The standard InChI is InChI=1S/C20H29N5O/c1-13(2)25-19(15-4-6-24(7-5-15)17-11-26-12-17)9-18(23-25)16-8-14(3)20(21)22-10-16/h8-10,13,15,17H,4-7,11-12H2,1-3H3,(H2,21,22). The number of rotatable bonds is 4. The summed E-state index contributed by atoms with van der Waals surface area (Å²) in [5.41, 5.74) is 10.3. The lowest BCUT2D eigenvalue weighted by molar-refractivity contribution is -0.0714. The smallest absolute Gasteiger partial charge is 0.126 e. The third-order valence-electron chi connectivity index (χ3n) is 5.75. The Labute approximate surface area is 155 Å². The van der Waals surface area contributed by atoms with E-state index < -0.39 is 0 Å². The topological polar surface area (TPSA) is 69.2 Å². The van der Waals surface area contributed by atoms with E-state index in [-0.39, 0.29) is 0 Å². The zero-order valence-electron chi connectivity index (χ0n) is 16.0. The number of likely N-dealkylation sites (tertiary alicyclic amines) is 1. The summed E-state index contributed by atoms with van der Waals surface area (Å²) >= 11 is 0. The minimum Gasteiger partial charge on any atom is -0.383 e. The third kappa shape index (κ3) is 3.23. The van der Waals surface area contributed by atoms with E-state index in [0.717, 1.165) is 43.1 Å². The van der Waals surface area contributed by atoms with Crippen LogP contribution in [0.25, 0.3) is 11.3 Å². The van der Waals surface area contributed by atoms with E-state index in [1.54, 1.807) is 0 Å². The lowest BCUT2D eigenvalue weighted by atomic mass is 9.91. The summed E-state index contributed by atoms with van der Waals surface area (Å²) in [6.45, 7) is 10.5. The van der Waals surface area contributed by atoms with Gasteiger partial charge in [0.05, 0.1) is 24.9 Å². The molecule has 0 bridgehead atoms. The number of aromatic nitrogens is 3. The Kier molecular flexibility index (Phi) is 4.71. The van der Waals surface area contributed by atoms with Gasteiger partial charge in [0.2, 0.25) is 0 Å². The molecule has 0 aliphatic carbocycles. The molecule has 0 aromatic carbocycles. The Bertz CT molecular complexity index is 773. The van der Waals surface area contributed by atoms with Crippen molar-refractivity contribution in [2.45, 2.75) is 51.6 Å². The number of nitrogens with two attached hydrogens (primary N) is 1. The van der Waals surface area contributed by atoms with Crippen LogP contribution in [-0.4, -0.2) is 52.0 Å². The van der Waals surface area contributed by atoms with Gasteiger partial charge >= 0.3 is 0 Å². The largest absolute Gasteiger partial charge is 0.383 e. The number of pyridine rings is 1. The van der Waals surface area contributed by atoms with Crippen molar-refractivity contribution in [1.29, 1.82) is 0 Å². The van der Waals surface area contributed by atoms with Crippen molar-refractivity contribution in [1.82, 2.24) is 19.7 Å². The predicted octanol–water partition coefficient (Wildman–Crippen LogP) is 2.99. The van der Waals surface area contributed by atoms with E-state index >= 15 is 0 Å². The fraction of sp³-hybridized carbons (Fsp3) is 0.600. The van der Waals surface area contributed by atoms with E-state index in [0.29, 0.717) is 23.8 Å². The van der Waals surface area contributed by atoms with Gasteiger partial charge in [0.25, 0.3) is 0 Å². The van der Waals surface area contributed by atoms with E-state index in [1.165, 1.54) is 18.5 Å². The maximum Gasteiger partial charge on any atom is 0.126 e. The summed E-state index contributed by atoms with van der Waals surface area (Å²) in [7, 11) is 0. The van der Waals surface area contributed by atoms with Crippen LogP contribution in [0.15, 0.2) is 18.3 Å². The quantitative estimate of drug-likeness (QED) is 0.913. The maximum absolute atomic E-state index is 5.87. The van der Waals surface area contributed by atoms with E-state index in [2.05, 4.69) is 40.5 Å². The van der Waals surface area contributed by atoms with Gasteiger partial charge in [0.1, 0.15) is 5.82 Å². The molecule has 6 heteroatoms. The minimum atomic E-state index is 0.347. The molecule has 0 amide bonds. The second-order valence-electron chi connectivity index (χ2n) is 7.92. The van der Waals surface area contributed by atoms with Crippen LogP contribution in [0.5, 0.6) is 0 Å². The highest BCUT2D eigenvalue weighted by atomic mass is 16.5. The monoisotopic (exact) mass is 355 g/mol.